The molecule has 3 unspecified atom stereocenters. The second kappa shape index (κ2) is 4.93. The third kappa shape index (κ3) is 2.60. The zero-order valence-corrected chi connectivity index (χ0v) is 9.49. The van der Waals surface area contributed by atoms with Crippen molar-refractivity contribution < 1.29 is 9.50 Å². The van der Waals surface area contributed by atoms with Crippen molar-refractivity contribution in [2.75, 3.05) is 0 Å². The number of nitrogens with one attached hydrogen (secondary N) is 1. The summed E-state index contributed by atoms with van der Waals surface area (Å²) in [7, 11) is 0. The Morgan fingerprint density at radius 3 is 2.56 bits per heavy atom. The zero-order valence-electron chi connectivity index (χ0n) is 9.49. The van der Waals surface area contributed by atoms with Crippen LogP contribution in [0.1, 0.15) is 37.8 Å². The lowest BCUT2D eigenvalue weighted by molar-refractivity contribution is 0.144. The standard InChI is InChI=1S/C13H18FNO/c1-9(10-5-7-11(14)8-6-10)15-12-3-2-4-13(12)16/h5-9,12-13,15-16H,2-4H2,1H3. The molecule has 0 aliphatic heterocycles. The molecule has 1 fully saturated rings. The molecule has 1 saturated carbocycles. The van der Waals surface area contributed by atoms with E-state index in [1.54, 1.807) is 12.1 Å². The van der Waals surface area contributed by atoms with Gasteiger partial charge in [0.2, 0.25) is 0 Å². The first-order valence-electron chi connectivity index (χ1n) is 5.86. The fraction of sp³-hybridized carbons (Fsp3) is 0.538. The molecule has 1 aliphatic carbocycles. The predicted octanol–water partition coefficient (Wildman–Crippen LogP) is 2.39. The van der Waals surface area contributed by atoms with Crippen LogP contribution in [-0.4, -0.2) is 17.3 Å². The largest absolute Gasteiger partial charge is 0.392 e. The van der Waals surface area contributed by atoms with E-state index in [0.29, 0.717) is 0 Å². The van der Waals surface area contributed by atoms with E-state index in [-0.39, 0.29) is 24.0 Å². The van der Waals surface area contributed by atoms with E-state index in [4.69, 9.17) is 0 Å². The molecular weight excluding hydrogens is 205 g/mol. The van der Waals surface area contributed by atoms with Gasteiger partial charge in [0.05, 0.1) is 6.10 Å². The Morgan fingerprint density at radius 1 is 1.31 bits per heavy atom. The Kier molecular flexibility index (Phi) is 3.56. The molecule has 2 N–H and O–H groups in total. The zero-order chi connectivity index (χ0) is 11.5. The minimum atomic E-state index is -0.233. The van der Waals surface area contributed by atoms with Crippen LogP contribution in [0.25, 0.3) is 0 Å². The molecule has 0 aromatic heterocycles. The van der Waals surface area contributed by atoms with Gasteiger partial charge in [0.15, 0.2) is 0 Å². The van der Waals surface area contributed by atoms with Gasteiger partial charge in [-0.25, -0.2) is 4.39 Å². The van der Waals surface area contributed by atoms with E-state index < -0.39 is 0 Å². The monoisotopic (exact) mass is 223 g/mol. The van der Waals surface area contributed by atoms with Gasteiger partial charge in [0.25, 0.3) is 0 Å². The van der Waals surface area contributed by atoms with Crippen LogP contribution >= 0.6 is 0 Å². The fourth-order valence-corrected chi connectivity index (χ4v) is 2.30. The molecule has 1 aromatic carbocycles. The van der Waals surface area contributed by atoms with Crippen molar-refractivity contribution in [1.82, 2.24) is 5.32 Å². The van der Waals surface area contributed by atoms with Gasteiger partial charge in [0, 0.05) is 12.1 Å². The van der Waals surface area contributed by atoms with Crippen molar-refractivity contribution in [2.24, 2.45) is 0 Å². The maximum Gasteiger partial charge on any atom is 0.123 e. The molecule has 2 rings (SSSR count). The summed E-state index contributed by atoms with van der Waals surface area (Å²) in [6, 6.07) is 6.85. The number of halogens is 1. The van der Waals surface area contributed by atoms with Crippen LogP contribution in [0.15, 0.2) is 24.3 Å². The Morgan fingerprint density at radius 2 is 2.00 bits per heavy atom. The SMILES string of the molecule is CC(NC1CCCC1O)c1ccc(F)cc1. The summed E-state index contributed by atoms with van der Waals surface area (Å²) >= 11 is 0. The quantitative estimate of drug-likeness (QED) is 0.824. The third-order valence-corrected chi connectivity index (χ3v) is 3.31. The average molecular weight is 223 g/mol. The predicted molar refractivity (Wildman–Crippen MR) is 61.6 cm³/mol. The summed E-state index contributed by atoms with van der Waals surface area (Å²) < 4.78 is 12.8. The van der Waals surface area contributed by atoms with Crippen LogP contribution in [0.2, 0.25) is 0 Å². The summed E-state index contributed by atoms with van der Waals surface area (Å²) in [6.07, 6.45) is 2.75. The van der Waals surface area contributed by atoms with Gasteiger partial charge in [-0.1, -0.05) is 12.1 Å². The van der Waals surface area contributed by atoms with Crippen molar-refractivity contribution >= 4 is 0 Å². The highest BCUT2D eigenvalue weighted by atomic mass is 19.1. The van der Waals surface area contributed by atoms with E-state index in [2.05, 4.69) is 5.32 Å². The molecule has 3 atom stereocenters. The second-order valence-corrected chi connectivity index (χ2v) is 4.54. The molecule has 1 aromatic rings. The van der Waals surface area contributed by atoms with Crippen LogP contribution in [0, 0.1) is 5.82 Å². The van der Waals surface area contributed by atoms with Gasteiger partial charge in [-0.15, -0.1) is 0 Å². The molecule has 0 saturated heterocycles. The molecular formula is C13H18FNO. The maximum absolute atomic E-state index is 12.8. The average Bonchev–Trinajstić information content (AvgIpc) is 2.65. The fourth-order valence-electron chi connectivity index (χ4n) is 2.30. The van der Waals surface area contributed by atoms with Crippen LogP contribution in [-0.2, 0) is 0 Å². The van der Waals surface area contributed by atoms with E-state index >= 15 is 0 Å². The van der Waals surface area contributed by atoms with Crippen LogP contribution < -0.4 is 5.32 Å². The third-order valence-electron chi connectivity index (χ3n) is 3.31. The molecule has 0 heterocycles. The lowest BCUT2D eigenvalue weighted by Gasteiger charge is -2.22. The Hall–Kier alpha value is -0.930. The highest BCUT2D eigenvalue weighted by Crippen LogP contribution is 2.22. The van der Waals surface area contributed by atoms with Gasteiger partial charge in [-0.05, 0) is 43.9 Å². The van der Waals surface area contributed by atoms with Crippen LogP contribution in [0.5, 0.6) is 0 Å². The molecule has 16 heavy (non-hydrogen) atoms. The number of aliphatic hydroxyl groups excluding tert-OH is 1. The first kappa shape index (κ1) is 11.6. The number of benzene rings is 1. The van der Waals surface area contributed by atoms with Gasteiger partial charge in [-0.3, -0.25) is 0 Å². The molecule has 1 aliphatic rings. The normalized spacial score (nSPS) is 26.9. The molecule has 3 heteroatoms. The first-order valence-corrected chi connectivity index (χ1v) is 5.86. The van der Waals surface area contributed by atoms with E-state index in [9.17, 15) is 9.50 Å². The minimum absolute atomic E-state index is 0.151. The van der Waals surface area contributed by atoms with Gasteiger partial charge in [0.1, 0.15) is 5.82 Å². The van der Waals surface area contributed by atoms with Gasteiger partial charge >= 0.3 is 0 Å². The second-order valence-electron chi connectivity index (χ2n) is 4.54. The Bertz CT molecular complexity index is 338. The van der Waals surface area contributed by atoms with Crippen LogP contribution in [0.4, 0.5) is 4.39 Å². The summed E-state index contributed by atoms with van der Waals surface area (Å²) in [5, 5.41) is 13.1. The van der Waals surface area contributed by atoms with Crippen molar-refractivity contribution in [3.8, 4) is 0 Å². The smallest absolute Gasteiger partial charge is 0.123 e. The lowest BCUT2D eigenvalue weighted by atomic mass is 10.1. The molecule has 0 amide bonds. The van der Waals surface area contributed by atoms with E-state index in [0.717, 1.165) is 24.8 Å². The summed E-state index contributed by atoms with van der Waals surface area (Å²) in [6.45, 7) is 2.04. The molecule has 0 spiro atoms. The van der Waals surface area contributed by atoms with Crippen LogP contribution in [0.3, 0.4) is 0 Å². The minimum Gasteiger partial charge on any atom is -0.392 e. The summed E-state index contributed by atoms with van der Waals surface area (Å²) in [4.78, 5) is 0. The summed E-state index contributed by atoms with van der Waals surface area (Å²) in [5.41, 5.74) is 1.06. The van der Waals surface area contributed by atoms with Crippen molar-refractivity contribution in [2.45, 2.75) is 44.4 Å². The summed E-state index contributed by atoms with van der Waals surface area (Å²) in [5.74, 6) is -0.211. The highest BCUT2D eigenvalue weighted by Gasteiger charge is 2.26. The molecule has 0 radical (unpaired) electrons. The van der Waals surface area contributed by atoms with Crippen molar-refractivity contribution in [3.05, 3.63) is 35.6 Å². The number of hydrogen-bond acceptors (Lipinski definition) is 2. The van der Waals surface area contributed by atoms with E-state index in [1.807, 2.05) is 6.92 Å². The molecule has 0 bridgehead atoms. The number of aliphatic hydroxyl groups is 1. The Balaban J connectivity index is 1.97. The Labute approximate surface area is 95.5 Å². The van der Waals surface area contributed by atoms with Crippen molar-refractivity contribution in [3.63, 3.8) is 0 Å². The van der Waals surface area contributed by atoms with Gasteiger partial charge in [-0.2, -0.15) is 0 Å². The number of hydrogen-bond donors (Lipinski definition) is 2. The van der Waals surface area contributed by atoms with E-state index in [1.165, 1.54) is 12.1 Å². The lowest BCUT2D eigenvalue weighted by Crippen LogP contribution is -2.37. The topological polar surface area (TPSA) is 32.3 Å². The molecule has 2 nitrogen and oxygen atoms in total. The highest BCUT2D eigenvalue weighted by molar-refractivity contribution is 5.19. The maximum atomic E-state index is 12.8. The van der Waals surface area contributed by atoms with Gasteiger partial charge < -0.3 is 10.4 Å². The first-order chi connectivity index (χ1) is 7.66. The molecule has 88 valence electrons. The number of rotatable bonds is 3. The van der Waals surface area contributed by atoms with Crippen molar-refractivity contribution in [1.29, 1.82) is 0 Å².